The summed E-state index contributed by atoms with van der Waals surface area (Å²) in [5.74, 6) is -1.64. The Balaban J connectivity index is 2.99. The molecule has 0 saturated heterocycles. The fourth-order valence-electron chi connectivity index (χ4n) is 1.02. The molecule has 18 heavy (non-hydrogen) atoms. The molecule has 4 nitrogen and oxygen atoms in total. The van der Waals surface area contributed by atoms with Gasteiger partial charge in [0.25, 0.3) is 5.91 Å². The average Bonchev–Trinajstić information content (AvgIpc) is 2.23. The molecular formula is C10H10ClF3N2O2. The maximum Gasteiger partial charge on any atom is 0.426 e. The van der Waals surface area contributed by atoms with Crippen molar-refractivity contribution in [1.82, 2.24) is 0 Å². The zero-order valence-electron chi connectivity index (χ0n) is 9.18. The van der Waals surface area contributed by atoms with Gasteiger partial charge in [0.1, 0.15) is 0 Å². The second kappa shape index (κ2) is 4.66. The van der Waals surface area contributed by atoms with Crippen LogP contribution >= 0.6 is 11.6 Å². The molecule has 4 N–H and O–H groups in total. The van der Waals surface area contributed by atoms with Gasteiger partial charge in [0.05, 0.1) is 16.4 Å². The van der Waals surface area contributed by atoms with Crippen LogP contribution in [-0.4, -0.2) is 22.8 Å². The largest absolute Gasteiger partial charge is 0.426 e. The highest BCUT2D eigenvalue weighted by Crippen LogP contribution is 2.33. The molecule has 0 saturated carbocycles. The van der Waals surface area contributed by atoms with E-state index in [1.165, 1.54) is 18.2 Å². The van der Waals surface area contributed by atoms with Crippen molar-refractivity contribution in [3.8, 4) is 0 Å². The van der Waals surface area contributed by atoms with Gasteiger partial charge in [0, 0.05) is 0 Å². The van der Waals surface area contributed by atoms with Crippen molar-refractivity contribution in [2.45, 2.75) is 18.7 Å². The highest BCUT2D eigenvalue weighted by Gasteiger charge is 2.55. The molecule has 8 heteroatoms. The standard InChI is InChI=1S/C10H10ClF3N2O2/c1-9(18,10(12,13)14)8(17)16-6-4-2-3-5(15)7(6)11/h2-4,18H,15H2,1H3,(H,16,17). The van der Waals surface area contributed by atoms with Gasteiger partial charge in [-0.2, -0.15) is 13.2 Å². The maximum atomic E-state index is 12.4. The Morgan fingerprint density at radius 1 is 1.44 bits per heavy atom. The number of nitrogens with two attached hydrogens (primary N) is 1. The summed E-state index contributed by atoms with van der Waals surface area (Å²) in [5.41, 5.74) is 1.90. The fraction of sp³-hybridized carbons (Fsp3) is 0.300. The van der Waals surface area contributed by atoms with Crippen molar-refractivity contribution in [3.63, 3.8) is 0 Å². The monoisotopic (exact) mass is 282 g/mol. The third-order valence-corrected chi connectivity index (χ3v) is 2.69. The molecule has 0 spiro atoms. The van der Waals surface area contributed by atoms with Crippen molar-refractivity contribution in [2.24, 2.45) is 0 Å². The molecule has 1 rings (SSSR count). The number of carbonyl (C=O) groups excluding carboxylic acids is 1. The van der Waals surface area contributed by atoms with Crippen molar-refractivity contribution < 1.29 is 23.1 Å². The second-order valence-corrected chi connectivity index (χ2v) is 4.11. The lowest BCUT2D eigenvalue weighted by Crippen LogP contribution is -2.52. The van der Waals surface area contributed by atoms with E-state index in [4.69, 9.17) is 22.4 Å². The number of benzene rings is 1. The van der Waals surface area contributed by atoms with Crippen LogP contribution in [-0.2, 0) is 4.79 Å². The number of nitrogens with one attached hydrogen (secondary N) is 1. The van der Waals surface area contributed by atoms with Crippen LogP contribution in [0.1, 0.15) is 6.92 Å². The van der Waals surface area contributed by atoms with Gasteiger partial charge < -0.3 is 16.2 Å². The topological polar surface area (TPSA) is 75.3 Å². The number of rotatable bonds is 2. The Hall–Kier alpha value is -1.47. The Labute approximate surface area is 106 Å². The van der Waals surface area contributed by atoms with E-state index in [0.29, 0.717) is 6.92 Å². The Bertz CT molecular complexity index is 475. The third-order valence-electron chi connectivity index (χ3n) is 2.27. The van der Waals surface area contributed by atoms with Crippen molar-refractivity contribution in [1.29, 1.82) is 0 Å². The molecule has 1 aromatic rings. The lowest BCUT2D eigenvalue weighted by Gasteiger charge is -2.25. The molecule has 0 aliphatic heterocycles. The molecule has 0 bridgehead atoms. The molecular weight excluding hydrogens is 273 g/mol. The van der Waals surface area contributed by atoms with Crippen LogP contribution in [0.15, 0.2) is 18.2 Å². The van der Waals surface area contributed by atoms with Crippen LogP contribution in [0.5, 0.6) is 0 Å². The molecule has 0 fully saturated rings. The van der Waals surface area contributed by atoms with Gasteiger partial charge in [-0.15, -0.1) is 0 Å². The number of anilines is 2. The van der Waals surface area contributed by atoms with Gasteiger partial charge in [-0.3, -0.25) is 4.79 Å². The lowest BCUT2D eigenvalue weighted by atomic mass is 10.1. The summed E-state index contributed by atoms with van der Waals surface area (Å²) < 4.78 is 37.2. The molecule has 0 aromatic heterocycles. The molecule has 0 radical (unpaired) electrons. The van der Waals surface area contributed by atoms with Gasteiger partial charge in [-0.25, -0.2) is 0 Å². The Morgan fingerprint density at radius 2 is 2.00 bits per heavy atom. The minimum atomic E-state index is -5.09. The molecule has 1 unspecified atom stereocenters. The number of carbonyl (C=O) groups is 1. The summed E-state index contributed by atoms with van der Waals surface area (Å²) in [7, 11) is 0. The van der Waals surface area contributed by atoms with E-state index in [1.54, 1.807) is 0 Å². The Kier molecular flexibility index (Phi) is 3.78. The van der Waals surface area contributed by atoms with E-state index in [-0.39, 0.29) is 16.4 Å². The molecule has 1 amide bonds. The van der Waals surface area contributed by atoms with Crippen LogP contribution in [0.4, 0.5) is 24.5 Å². The number of halogens is 4. The van der Waals surface area contributed by atoms with Gasteiger partial charge >= 0.3 is 6.18 Å². The van der Waals surface area contributed by atoms with Gasteiger partial charge in [0.15, 0.2) is 0 Å². The molecule has 0 aliphatic rings. The minimum absolute atomic E-state index is 0.0937. The molecule has 1 atom stereocenters. The number of nitrogen functional groups attached to an aromatic ring is 1. The summed E-state index contributed by atoms with van der Waals surface area (Å²) in [5, 5.41) is 10.9. The zero-order valence-corrected chi connectivity index (χ0v) is 9.93. The smallest absolute Gasteiger partial charge is 0.397 e. The van der Waals surface area contributed by atoms with E-state index < -0.39 is 17.7 Å². The van der Waals surface area contributed by atoms with Crippen LogP contribution in [0.3, 0.4) is 0 Å². The number of hydrogen-bond donors (Lipinski definition) is 3. The predicted molar refractivity (Wildman–Crippen MR) is 61.2 cm³/mol. The second-order valence-electron chi connectivity index (χ2n) is 3.73. The molecule has 100 valence electrons. The van der Waals surface area contributed by atoms with Crippen LogP contribution < -0.4 is 11.1 Å². The first kappa shape index (κ1) is 14.6. The fourth-order valence-corrected chi connectivity index (χ4v) is 1.19. The number of aliphatic hydroxyl groups is 1. The first-order valence-corrected chi connectivity index (χ1v) is 5.09. The number of alkyl halides is 3. The Morgan fingerprint density at radius 3 is 2.50 bits per heavy atom. The zero-order chi connectivity index (χ0) is 14.1. The SMILES string of the molecule is CC(O)(C(=O)Nc1cccc(N)c1Cl)C(F)(F)F. The first-order valence-electron chi connectivity index (χ1n) is 4.72. The first-order chi connectivity index (χ1) is 8.07. The average molecular weight is 283 g/mol. The van der Waals surface area contributed by atoms with E-state index >= 15 is 0 Å². The summed E-state index contributed by atoms with van der Waals surface area (Å²) in [4.78, 5) is 11.4. The molecule has 1 aromatic carbocycles. The van der Waals surface area contributed by atoms with E-state index in [0.717, 1.165) is 0 Å². The van der Waals surface area contributed by atoms with Crippen molar-refractivity contribution in [2.75, 3.05) is 11.1 Å². The number of amides is 1. The molecule has 0 heterocycles. The molecule has 0 aliphatic carbocycles. The highest BCUT2D eigenvalue weighted by molar-refractivity contribution is 6.36. The predicted octanol–water partition coefficient (Wildman–Crippen LogP) is 2.17. The summed E-state index contributed by atoms with van der Waals surface area (Å²) in [6, 6.07) is 4.09. The van der Waals surface area contributed by atoms with E-state index in [9.17, 15) is 18.0 Å². The third kappa shape index (κ3) is 2.68. The number of hydrogen-bond acceptors (Lipinski definition) is 3. The summed E-state index contributed by atoms with van der Waals surface area (Å²) in [6.07, 6.45) is -5.09. The van der Waals surface area contributed by atoms with Gasteiger partial charge in [-0.05, 0) is 19.1 Å². The van der Waals surface area contributed by atoms with E-state index in [2.05, 4.69) is 0 Å². The van der Waals surface area contributed by atoms with Gasteiger partial charge in [0.2, 0.25) is 5.60 Å². The van der Waals surface area contributed by atoms with Crippen LogP contribution in [0.2, 0.25) is 5.02 Å². The van der Waals surface area contributed by atoms with Crippen LogP contribution in [0, 0.1) is 0 Å². The van der Waals surface area contributed by atoms with Gasteiger partial charge in [-0.1, -0.05) is 17.7 Å². The minimum Gasteiger partial charge on any atom is -0.397 e. The van der Waals surface area contributed by atoms with Crippen molar-refractivity contribution >= 4 is 28.9 Å². The summed E-state index contributed by atoms with van der Waals surface area (Å²) in [6.45, 7) is 0.350. The van der Waals surface area contributed by atoms with E-state index in [1.807, 2.05) is 5.32 Å². The maximum absolute atomic E-state index is 12.4. The van der Waals surface area contributed by atoms with Crippen molar-refractivity contribution in [3.05, 3.63) is 23.2 Å². The normalized spacial score (nSPS) is 15.0. The van der Waals surface area contributed by atoms with Crippen LogP contribution in [0.25, 0.3) is 0 Å². The summed E-state index contributed by atoms with van der Waals surface area (Å²) >= 11 is 5.70. The lowest BCUT2D eigenvalue weighted by molar-refractivity contribution is -0.242. The quantitative estimate of drug-likeness (QED) is 0.728. The highest BCUT2D eigenvalue weighted by atomic mass is 35.5.